The van der Waals surface area contributed by atoms with Crippen LogP contribution in [0.5, 0.6) is 28.7 Å². The first-order valence-electron chi connectivity index (χ1n) is 43.0. The number of esters is 3. The summed E-state index contributed by atoms with van der Waals surface area (Å²) in [6.07, 6.45) is 33.9. The number of pyridine rings is 1. The standard InChI is InChI=1S/C20H23N3O3S.C18H21N3O3S.C18H17N3O2S.C16H17N3O3S.C16H17N3O2S.C8H9ClN2O2S/c1-4-26-17(24)11-9-14-12-21-20(27-3)23-19(14)22-15-10-8-13-6-5-7-16(25-2)18(13)15;1-4-24-17(22)12-10-19-18(25-3)21-16(12)20-13-9-8-11-6-5-7-14(23-2)15(11)13;1-23-14-5-3-4-11-6-8-13(16(11)14)21-15(22)9-7-12-10-19-18(24-2)20-17(12)21;1-22-12-5-3-4-9-6-7-11(13(9)12)18-14-10(15(20)21)8-17-16(19-14)23-2;1-21-13-5-3-4-10-6-7-12(14(10)13)18-15-11(9-20)8-17-16(19-15)22-2;1-3-13-7(12)5-4-10-8(14-2)11-6(5)9/h5-7,9,11-12,15H,4,8,10H2,1-3H3,(H,21,22,23);5-7,10,13H,4,8-9H2,1-3H3,(H,19,20,21);3-5,7,9-10,13H,6,8H2,1-2H3;3-5,8,11H,6-7H2,1-2H3,(H,20,21)(H,17,18,19);3-5,8-9,12H,6-7H2,1-2H3,(H,17,18,19);4H,3H2,1-2H3/b11-9+;;;;;. The molecule has 17 rings (SSSR count). The molecule has 12 aromatic rings. The lowest BCUT2D eigenvalue weighted by Gasteiger charge is -2.19. The van der Waals surface area contributed by atoms with Gasteiger partial charge in [-0.1, -0.05) is 143 Å². The van der Waals surface area contributed by atoms with Gasteiger partial charge >= 0.3 is 23.9 Å². The van der Waals surface area contributed by atoms with Gasteiger partial charge in [0.15, 0.2) is 37.2 Å². The minimum atomic E-state index is -1.04. The lowest BCUT2D eigenvalue weighted by Crippen LogP contribution is -2.25. The fourth-order valence-electron chi connectivity index (χ4n) is 16.2. The van der Waals surface area contributed by atoms with Crippen LogP contribution in [-0.2, 0) is 51.1 Å². The average Bonchev–Trinajstić information content (AvgIpc) is 1.76. The highest BCUT2D eigenvalue weighted by Crippen LogP contribution is 2.46. The maximum absolute atomic E-state index is 12.7. The lowest BCUT2D eigenvalue weighted by molar-refractivity contribution is -0.137. The summed E-state index contributed by atoms with van der Waals surface area (Å²) < 4.78 is 44.2. The zero-order valence-electron chi connectivity index (χ0n) is 76.9. The first-order valence-corrected chi connectivity index (χ1v) is 50.7. The molecule has 706 valence electrons. The van der Waals surface area contributed by atoms with Gasteiger partial charge in [-0.05, 0) is 193 Å². The largest absolute Gasteiger partial charge is 0.496 e. The molecule has 5 atom stereocenters. The third-order valence-electron chi connectivity index (χ3n) is 22.3. The number of anilines is 4. The van der Waals surface area contributed by atoms with Gasteiger partial charge in [-0.15, -0.1) is 0 Å². The Morgan fingerprint density at radius 3 is 1.16 bits per heavy atom. The Morgan fingerprint density at radius 2 is 0.756 bits per heavy atom. The van der Waals surface area contributed by atoms with E-state index in [2.05, 4.69) is 111 Å². The van der Waals surface area contributed by atoms with Crippen molar-refractivity contribution in [3.63, 3.8) is 0 Å². The smallest absolute Gasteiger partial charge is 0.343 e. The summed E-state index contributed by atoms with van der Waals surface area (Å²) in [6, 6.07) is 33.8. The summed E-state index contributed by atoms with van der Waals surface area (Å²) >= 11 is 14.3. The molecule has 5 aromatic carbocycles. The molecule has 0 fully saturated rings. The number of carboxylic acid groups (broad SMARTS) is 1. The topological polar surface area (TPSA) is 404 Å². The Bertz CT molecular complexity index is 6330. The van der Waals surface area contributed by atoms with Gasteiger partial charge in [0, 0.05) is 88.1 Å². The molecule has 0 radical (unpaired) electrons. The van der Waals surface area contributed by atoms with Crippen LogP contribution in [0.25, 0.3) is 17.1 Å². The molecular weight excluding hydrogens is 1860 g/mol. The van der Waals surface area contributed by atoms with Gasteiger partial charge in [0.2, 0.25) is 0 Å². The molecule has 5 N–H and O–H groups in total. The van der Waals surface area contributed by atoms with Crippen LogP contribution < -0.4 is 50.5 Å². The van der Waals surface area contributed by atoms with Crippen LogP contribution in [0.15, 0.2) is 182 Å². The van der Waals surface area contributed by atoms with Gasteiger partial charge in [0.25, 0.3) is 5.56 Å². The van der Waals surface area contributed by atoms with E-state index in [0.717, 1.165) is 132 Å². The summed E-state index contributed by atoms with van der Waals surface area (Å²) in [5.74, 6) is 4.03. The zero-order valence-corrected chi connectivity index (χ0v) is 82.5. The predicted molar refractivity (Wildman–Crippen MR) is 530 cm³/mol. The van der Waals surface area contributed by atoms with Crippen LogP contribution >= 0.6 is 82.2 Å². The monoisotopic (exact) mass is 1960 g/mol. The summed E-state index contributed by atoms with van der Waals surface area (Å²) in [4.78, 5) is 122. The molecule has 7 aromatic heterocycles. The number of fused-ring (bicyclic) bond motifs is 6. The number of hydrogen-bond acceptors (Lipinski definition) is 36. The molecule has 0 bridgehead atoms. The van der Waals surface area contributed by atoms with Crippen molar-refractivity contribution in [2.24, 2.45) is 0 Å². The molecule has 7 heterocycles. The maximum atomic E-state index is 12.7. The Morgan fingerprint density at radius 1 is 0.415 bits per heavy atom. The lowest BCUT2D eigenvalue weighted by atomic mass is 10.1. The molecule has 0 spiro atoms. The molecule has 5 unspecified atom stereocenters. The number of hydrogen-bond donors (Lipinski definition) is 5. The van der Waals surface area contributed by atoms with Gasteiger partial charge in [-0.2, -0.15) is 0 Å². The van der Waals surface area contributed by atoms with E-state index in [4.69, 9.17) is 49.5 Å². The fourth-order valence-corrected chi connectivity index (χ4v) is 18.5. The van der Waals surface area contributed by atoms with Crippen molar-refractivity contribution in [2.45, 2.75) is 146 Å². The molecule has 0 saturated heterocycles. The first-order chi connectivity index (χ1) is 65.6. The minimum absolute atomic E-state index is 0.0242. The number of aromatic carboxylic acids is 1. The number of aldehydes is 1. The molecule has 5 aliphatic rings. The first kappa shape index (κ1) is 102. The van der Waals surface area contributed by atoms with Crippen molar-refractivity contribution in [2.75, 3.05) is 114 Å². The molecule has 5 aliphatic carbocycles. The highest BCUT2D eigenvalue weighted by molar-refractivity contribution is 7.99. The zero-order chi connectivity index (χ0) is 96.2. The highest BCUT2D eigenvalue weighted by Gasteiger charge is 2.35. The second kappa shape index (κ2) is 49.8. The summed E-state index contributed by atoms with van der Waals surface area (Å²) in [5, 5.41) is 27.6. The SMILES string of the molecule is CCOC(=O)/C=C/c1cnc(SC)nc1NC1CCc2cccc(OC)c21.CCOC(=O)c1cnc(SC)nc1Cl.CCOC(=O)c1cnc(SC)nc1NC1CCc2cccc(OC)c21.COc1cccc2c1C(Nc1nc(SC)ncc1C(=O)O)CC2.COc1cccc2c1C(Nc1nc(SC)ncc1C=O)CC2.COc1cccc2c1C(n1c(=O)ccc3cnc(SC)nc31)CC2. The Balaban J connectivity index is 0.000000147. The Kier molecular flexibility index (Phi) is 37.5. The summed E-state index contributed by atoms with van der Waals surface area (Å²) in [5.41, 5.74) is 14.4. The molecule has 32 nitrogen and oxygen atoms in total. The van der Waals surface area contributed by atoms with Crippen molar-refractivity contribution in [1.82, 2.24) is 64.4 Å². The van der Waals surface area contributed by atoms with E-state index in [9.17, 15) is 33.9 Å². The second-order valence-electron chi connectivity index (χ2n) is 29.9. The number of nitrogens with zero attached hydrogens (tertiary/aromatic N) is 13. The Labute approximate surface area is 812 Å². The van der Waals surface area contributed by atoms with Crippen LogP contribution in [-0.4, -0.2) is 193 Å². The normalized spacial score (nSPS) is 15.3. The Hall–Kier alpha value is -12.3. The van der Waals surface area contributed by atoms with Crippen molar-refractivity contribution < 1.29 is 67.0 Å². The van der Waals surface area contributed by atoms with E-state index in [0.29, 0.717) is 90.8 Å². The molecule has 39 heteroatoms. The van der Waals surface area contributed by atoms with Crippen LogP contribution in [0.2, 0.25) is 5.15 Å². The van der Waals surface area contributed by atoms with E-state index in [1.54, 1.807) is 97.7 Å². The number of carbonyl (C=O) groups is 5. The highest BCUT2D eigenvalue weighted by atomic mass is 35.5. The molecule has 135 heavy (non-hydrogen) atoms. The van der Waals surface area contributed by atoms with Gasteiger partial charge in [-0.25, -0.2) is 79.0 Å². The van der Waals surface area contributed by atoms with E-state index in [-0.39, 0.29) is 58.0 Å². The van der Waals surface area contributed by atoms with Crippen LogP contribution in [0.3, 0.4) is 0 Å². The number of halogens is 1. The number of carboxylic acids is 1. The van der Waals surface area contributed by atoms with E-state index >= 15 is 0 Å². The summed E-state index contributed by atoms with van der Waals surface area (Å²) in [7, 11) is 8.36. The van der Waals surface area contributed by atoms with E-state index < -0.39 is 17.9 Å². The number of thioether (sulfide) groups is 6. The van der Waals surface area contributed by atoms with Crippen molar-refractivity contribution in [3.8, 4) is 28.7 Å². The number of aryl methyl sites for hydroxylation is 5. The molecule has 0 aliphatic heterocycles. The fraction of sp³-hybridized carbons (Fsp3) is 0.333. The third kappa shape index (κ3) is 25.1. The predicted octanol–water partition coefficient (Wildman–Crippen LogP) is 18.6. The second-order valence-corrected chi connectivity index (χ2v) is 34.9. The molecule has 0 saturated carbocycles. The maximum Gasteiger partial charge on any atom is 0.343 e. The number of benzene rings is 5. The number of carbonyl (C=O) groups excluding carboxylic acids is 4. The van der Waals surface area contributed by atoms with Gasteiger partial charge < -0.3 is 64.3 Å². The number of rotatable bonds is 29. The van der Waals surface area contributed by atoms with Crippen molar-refractivity contribution >= 4 is 153 Å². The number of nitrogens with one attached hydrogen (secondary N) is 4. The molecular formula is C96H104ClN17O15S6. The van der Waals surface area contributed by atoms with E-state index in [1.807, 2.05) is 98.2 Å². The van der Waals surface area contributed by atoms with Gasteiger partial charge in [0.1, 0.15) is 79.5 Å². The van der Waals surface area contributed by atoms with E-state index in [1.165, 1.54) is 129 Å². The van der Waals surface area contributed by atoms with Gasteiger partial charge in [-0.3, -0.25) is 14.2 Å². The molecule has 0 amide bonds. The summed E-state index contributed by atoms with van der Waals surface area (Å²) in [6.45, 7) is 6.24. The number of ether oxygens (including phenoxy) is 8. The number of methoxy groups -OCH3 is 5. The quantitative estimate of drug-likeness (QED) is 0.00553. The van der Waals surface area contributed by atoms with Crippen molar-refractivity contribution in [1.29, 1.82) is 0 Å². The number of aromatic nitrogens is 13. The minimum Gasteiger partial charge on any atom is -0.496 e. The average molecular weight is 1960 g/mol. The van der Waals surface area contributed by atoms with Crippen LogP contribution in [0, 0.1) is 0 Å². The van der Waals surface area contributed by atoms with Crippen molar-refractivity contribution in [3.05, 3.63) is 245 Å². The third-order valence-corrected chi connectivity index (χ3v) is 25.9. The van der Waals surface area contributed by atoms with Crippen LogP contribution in [0.1, 0.15) is 186 Å². The van der Waals surface area contributed by atoms with Gasteiger partial charge in [0.05, 0.1) is 91.1 Å². The van der Waals surface area contributed by atoms with Crippen LogP contribution in [0.4, 0.5) is 23.3 Å².